The third kappa shape index (κ3) is 9.27. The summed E-state index contributed by atoms with van der Waals surface area (Å²) in [6, 6.07) is 5.65. The molecule has 186 valence electrons. The highest BCUT2D eigenvalue weighted by Gasteiger charge is 2.42. The van der Waals surface area contributed by atoms with Gasteiger partial charge in [-0.3, -0.25) is 9.59 Å². The number of thiol groups is 1. The molecule has 8 heteroatoms. The Morgan fingerprint density at radius 1 is 0.970 bits per heavy atom. The van der Waals surface area contributed by atoms with E-state index in [1.807, 2.05) is 72.7 Å². The van der Waals surface area contributed by atoms with Gasteiger partial charge in [-0.25, -0.2) is 4.79 Å². The summed E-state index contributed by atoms with van der Waals surface area (Å²) in [5.74, 6) is -0.672. The summed E-state index contributed by atoms with van der Waals surface area (Å²) in [5.41, 5.74) is -0.221. The molecule has 1 aromatic rings. The Labute approximate surface area is 204 Å². The number of ether oxygens (including phenoxy) is 1. The first-order chi connectivity index (χ1) is 14.9. The lowest BCUT2D eigenvalue weighted by molar-refractivity contribution is -0.148. The summed E-state index contributed by atoms with van der Waals surface area (Å²) < 4.78 is 5.32. The lowest BCUT2D eigenvalue weighted by Crippen LogP contribution is -2.60. The number of aryl methyl sites for hydroxylation is 1. The van der Waals surface area contributed by atoms with E-state index >= 15 is 0 Å². The molecule has 7 nitrogen and oxygen atoms in total. The molecule has 0 radical (unpaired) electrons. The van der Waals surface area contributed by atoms with E-state index in [0.29, 0.717) is 5.56 Å². The molecule has 0 fully saturated rings. The Morgan fingerprint density at radius 2 is 1.48 bits per heavy atom. The van der Waals surface area contributed by atoms with Gasteiger partial charge < -0.3 is 20.3 Å². The van der Waals surface area contributed by atoms with E-state index in [1.165, 1.54) is 4.90 Å². The van der Waals surface area contributed by atoms with Crippen molar-refractivity contribution < 1.29 is 19.1 Å². The zero-order valence-electron chi connectivity index (χ0n) is 21.7. The maximum absolute atomic E-state index is 13.8. The molecule has 1 aromatic carbocycles. The standard InChI is InChI=1S/C25H41N3O4S/c1-16-11-13-17(14-12-16)19(20(29)27-23(2,3)4)28(24(5,6)7)21(30)18(15-33)26-22(31)32-25(8,9)10/h11-14,18-19,33H,15H2,1-10H3,(H,26,31)(H,27,29). The fourth-order valence-corrected chi connectivity index (χ4v) is 3.50. The van der Waals surface area contributed by atoms with Crippen molar-refractivity contribution in [3.05, 3.63) is 35.4 Å². The molecule has 0 bridgehead atoms. The van der Waals surface area contributed by atoms with Crippen molar-refractivity contribution in [1.82, 2.24) is 15.5 Å². The molecule has 2 unspecified atom stereocenters. The van der Waals surface area contributed by atoms with Crippen LogP contribution in [-0.2, 0) is 14.3 Å². The maximum atomic E-state index is 13.8. The van der Waals surface area contributed by atoms with E-state index in [9.17, 15) is 14.4 Å². The Bertz CT molecular complexity index is 833. The number of nitrogens with zero attached hydrogens (tertiary/aromatic N) is 1. The van der Waals surface area contributed by atoms with Crippen LogP contribution in [0.25, 0.3) is 0 Å². The van der Waals surface area contributed by atoms with Crippen LogP contribution in [0.3, 0.4) is 0 Å². The molecule has 0 spiro atoms. The van der Waals surface area contributed by atoms with E-state index in [-0.39, 0.29) is 11.7 Å². The fraction of sp³-hybridized carbons (Fsp3) is 0.640. The van der Waals surface area contributed by atoms with Crippen LogP contribution in [0.4, 0.5) is 4.79 Å². The van der Waals surface area contributed by atoms with Gasteiger partial charge in [-0.1, -0.05) is 29.8 Å². The number of hydrogen-bond acceptors (Lipinski definition) is 5. The van der Waals surface area contributed by atoms with Gasteiger partial charge in [-0.15, -0.1) is 0 Å². The third-order valence-corrected chi connectivity index (χ3v) is 4.89. The number of benzene rings is 1. The molecule has 33 heavy (non-hydrogen) atoms. The van der Waals surface area contributed by atoms with Crippen molar-refractivity contribution in [2.24, 2.45) is 0 Å². The van der Waals surface area contributed by atoms with Crippen molar-refractivity contribution in [3.8, 4) is 0 Å². The molecular weight excluding hydrogens is 438 g/mol. The first-order valence-corrected chi connectivity index (χ1v) is 11.8. The SMILES string of the molecule is Cc1ccc(C(C(=O)NC(C)(C)C)N(C(=O)C(CS)NC(=O)OC(C)(C)C)C(C)(C)C)cc1. The fourth-order valence-electron chi connectivity index (χ4n) is 3.25. The largest absolute Gasteiger partial charge is 0.444 e. The minimum Gasteiger partial charge on any atom is -0.444 e. The van der Waals surface area contributed by atoms with Crippen LogP contribution >= 0.6 is 12.6 Å². The highest BCUT2D eigenvalue weighted by atomic mass is 32.1. The first-order valence-electron chi connectivity index (χ1n) is 11.2. The molecule has 0 aliphatic rings. The van der Waals surface area contributed by atoms with Crippen molar-refractivity contribution in [2.45, 2.75) is 98.0 Å². The average Bonchev–Trinajstić information content (AvgIpc) is 2.60. The second kappa shape index (κ2) is 10.8. The van der Waals surface area contributed by atoms with Gasteiger partial charge in [0.15, 0.2) is 0 Å². The van der Waals surface area contributed by atoms with E-state index in [0.717, 1.165) is 5.56 Å². The molecular formula is C25H41N3O4S. The number of hydrogen-bond donors (Lipinski definition) is 3. The van der Waals surface area contributed by atoms with Crippen LogP contribution in [0, 0.1) is 6.92 Å². The second-order valence-electron chi connectivity index (χ2n) is 11.3. The normalized spacial score (nSPS) is 14.2. The number of carbonyl (C=O) groups is 3. The molecule has 2 N–H and O–H groups in total. The summed E-state index contributed by atoms with van der Waals surface area (Å²) >= 11 is 4.30. The number of alkyl carbamates (subject to hydrolysis) is 1. The molecule has 0 saturated carbocycles. The molecule has 1 rings (SSSR count). The Morgan fingerprint density at radius 3 is 1.88 bits per heavy atom. The van der Waals surface area contributed by atoms with E-state index in [1.54, 1.807) is 20.8 Å². The Balaban J connectivity index is 3.48. The number of carbonyl (C=O) groups excluding carboxylic acids is 3. The van der Waals surface area contributed by atoms with Crippen LogP contribution in [0.5, 0.6) is 0 Å². The predicted octanol–water partition coefficient (Wildman–Crippen LogP) is 4.40. The van der Waals surface area contributed by atoms with Gasteiger partial charge in [0, 0.05) is 16.8 Å². The van der Waals surface area contributed by atoms with Gasteiger partial charge in [0.25, 0.3) is 0 Å². The van der Waals surface area contributed by atoms with E-state index in [4.69, 9.17) is 4.74 Å². The zero-order valence-corrected chi connectivity index (χ0v) is 22.6. The summed E-state index contributed by atoms with van der Waals surface area (Å²) in [5, 5.41) is 5.62. The average molecular weight is 480 g/mol. The quantitative estimate of drug-likeness (QED) is 0.528. The smallest absolute Gasteiger partial charge is 0.408 e. The highest BCUT2D eigenvalue weighted by Crippen LogP contribution is 2.31. The Hall–Kier alpha value is -2.22. The maximum Gasteiger partial charge on any atom is 0.408 e. The van der Waals surface area contributed by atoms with Crippen LogP contribution in [0.2, 0.25) is 0 Å². The summed E-state index contributed by atoms with van der Waals surface area (Å²) in [6.07, 6.45) is -0.713. The number of amides is 3. The van der Waals surface area contributed by atoms with Crippen LogP contribution in [0.15, 0.2) is 24.3 Å². The Kier molecular flexibility index (Phi) is 9.43. The minimum absolute atomic E-state index is 0.0478. The number of nitrogens with one attached hydrogen (secondary N) is 2. The lowest BCUT2D eigenvalue weighted by Gasteiger charge is -2.43. The molecule has 0 aromatic heterocycles. The van der Waals surface area contributed by atoms with Crippen molar-refractivity contribution >= 4 is 30.5 Å². The lowest BCUT2D eigenvalue weighted by atomic mass is 9.94. The molecule has 2 atom stereocenters. The van der Waals surface area contributed by atoms with Crippen LogP contribution in [0.1, 0.15) is 79.5 Å². The third-order valence-electron chi connectivity index (χ3n) is 4.53. The van der Waals surface area contributed by atoms with Gasteiger partial charge in [0.05, 0.1) is 0 Å². The van der Waals surface area contributed by atoms with E-state index < -0.39 is 40.8 Å². The van der Waals surface area contributed by atoms with Crippen LogP contribution < -0.4 is 10.6 Å². The van der Waals surface area contributed by atoms with Gasteiger partial charge in [0.2, 0.25) is 11.8 Å². The predicted molar refractivity (Wildman–Crippen MR) is 135 cm³/mol. The summed E-state index contributed by atoms with van der Waals surface area (Å²) in [6.45, 7) is 18.4. The topological polar surface area (TPSA) is 87.7 Å². The van der Waals surface area contributed by atoms with E-state index in [2.05, 4.69) is 23.3 Å². The summed E-state index contributed by atoms with van der Waals surface area (Å²) in [7, 11) is 0. The number of rotatable bonds is 6. The van der Waals surface area contributed by atoms with Crippen molar-refractivity contribution in [1.29, 1.82) is 0 Å². The van der Waals surface area contributed by atoms with Crippen molar-refractivity contribution in [3.63, 3.8) is 0 Å². The molecule has 0 aliphatic carbocycles. The van der Waals surface area contributed by atoms with Crippen molar-refractivity contribution in [2.75, 3.05) is 5.75 Å². The minimum atomic E-state index is -0.974. The van der Waals surface area contributed by atoms with Gasteiger partial charge >= 0.3 is 6.09 Å². The molecule has 0 aliphatic heterocycles. The van der Waals surface area contributed by atoms with Gasteiger partial charge in [-0.2, -0.15) is 12.6 Å². The van der Waals surface area contributed by atoms with Gasteiger partial charge in [0.1, 0.15) is 17.7 Å². The first kappa shape index (κ1) is 28.8. The molecule has 0 heterocycles. The van der Waals surface area contributed by atoms with Gasteiger partial charge in [-0.05, 0) is 74.8 Å². The van der Waals surface area contributed by atoms with Crippen LogP contribution in [-0.4, -0.2) is 51.3 Å². The monoisotopic (exact) mass is 479 g/mol. The zero-order chi connectivity index (χ0) is 25.8. The highest BCUT2D eigenvalue weighted by molar-refractivity contribution is 7.80. The molecule has 0 saturated heterocycles. The summed E-state index contributed by atoms with van der Waals surface area (Å²) in [4.78, 5) is 41.2. The second-order valence-corrected chi connectivity index (χ2v) is 11.7. The molecule has 3 amide bonds.